The number of carbonyl (C=O) groups is 3. The lowest BCUT2D eigenvalue weighted by atomic mass is 10.1. The Labute approximate surface area is 207 Å². The number of carbonyl (C=O) groups excluding carboxylic acids is 3. The lowest BCUT2D eigenvalue weighted by molar-refractivity contribution is -0.122. The second-order valence-corrected chi connectivity index (χ2v) is 8.41. The Balaban J connectivity index is 1.39. The third kappa shape index (κ3) is 5.70. The van der Waals surface area contributed by atoms with Crippen molar-refractivity contribution in [1.82, 2.24) is 5.32 Å². The van der Waals surface area contributed by atoms with Gasteiger partial charge in [0, 0.05) is 5.02 Å². The molecule has 7 nitrogen and oxygen atoms in total. The van der Waals surface area contributed by atoms with Crippen LogP contribution in [0.3, 0.4) is 0 Å². The molecule has 0 radical (unpaired) electrons. The average molecular weight is 491 g/mol. The van der Waals surface area contributed by atoms with Gasteiger partial charge in [0.2, 0.25) is 0 Å². The summed E-state index contributed by atoms with van der Waals surface area (Å²) in [5.41, 5.74) is 3.00. The van der Waals surface area contributed by atoms with Gasteiger partial charge in [-0.05, 0) is 73.5 Å². The molecule has 1 aliphatic heterocycles. The molecule has 4 amide bonds. The number of barbiturate groups is 1. The summed E-state index contributed by atoms with van der Waals surface area (Å²) in [5.74, 6) is -0.0319. The van der Waals surface area contributed by atoms with Crippen LogP contribution in [0.1, 0.15) is 16.7 Å². The summed E-state index contributed by atoms with van der Waals surface area (Å²) in [4.78, 5) is 38.5. The first kappa shape index (κ1) is 24.0. The zero-order valence-corrected chi connectivity index (χ0v) is 20.0. The van der Waals surface area contributed by atoms with Crippen molar-refractivity contribution >= 4 is 41.2 Å². The molecule has 35 heavy (non-hydrogen) atoms. The fraction of sp³-hybridized carbons (Fsp3) is 0.148. The van der Waals surface area contributed by atoms with Crippen molar-refractivity contribution in [2.75, 3.05) is 18.1 Å². The van der Waals surface area contributed by atoms with Gasteiger partial charge in [-0.2, -0.15) is 0 Å². The molecule has 3 aromatic carbocycles. The fourth-order valence-corrected chi connectivity index (χ4v) is 3.71. The Morgan fingerprint density at radius 1 is 0.886 bits per heavy atom. The van der Waals surface area contributed by atoms with Gasteiger partial charge in [0.15, 0.2) is 0 Å². The summed E-state index contributed by atoms with van der Waals surface area (Å²) in [7, 11) is 0. The number of nitrogens with one attached hydrogen (secondary N) is 1. The monoisotopic (exact) mass is 490 g/mol. The third-order valence-corrected chi connectivity index (χ3v) is 5.57. The predicted molar refractivity (Wildman–Crippen MR) is 134 cm³/mol. The van der Waals surface area contributed by atoms with Crippen molar-refractivity contribution in [2.24, 2.45) is 0 Å². The SMILES string of the molecule is Cc1ccc(OCCOc2ccc(/C=C3/C(=O)NC(=O)N(c4ccc(Cl)cc4)C3=O)cc2)c(C)c1. The second-order valence-electron chi connectivity index (χ2n) is 7.97. The molecule has 0 saturated carbocycles. The van der Waals surface area contributed by atoms with E-state index in [0.29, 0.717) is 35.2 Å². The summed E-state index contributed by atoms with van der Waals surface area (Å²) >= 11 is 5.89. The van der Waals surface area contributed by atoms with Crippen LogP contribution in [-0.2, 0) is 9.59 Å². The van der Waals surface area contributed by atoms with Gasteiger partial charge in [0.1, 0.15) is 30.3 Å². The molecule has 0 unspecified atom stereocenters. The molecule has 1 aliphatic rings. The molecule has 0 atom stereocenters. The zero-order chi connectivity index (χ0) is 24.9. The molecule has 0 spiro atoms. The minimum Gasteiger partial charge on any atom is -0.490 e. The molecule has 4 rings (SSSR count). The van der Waals surface area contributed by atoms with Crippen LogP contribution >= 0.6 is 11.6 Å². The van der Waals surface area contributed by atoms with Gasteiger partial charge in [-0.25, -0.2) is 9.69 Å². The van der Waals surface area contributed by atoms with Crippen molar-refractivity contribution in [1.29, 1.82) is 0 Å². The molecule has 0 aliphatic carbocycles. The first-order chi connectivity index (χ1) is 16.8. The van der Waals surface area contributed by atoms with Gasteiger partial charge in [0.25, 0.3) is 11.8 Å². The number of ether oxygens (including phenoxy) is 2. The Hall–Kier alpha value is -4.10. The maximum atomic E-state index is 12.9. The van der Waals surface area contributed by atoms with Crippen molar-refractivity contribution in [3.63, 3.8) is 0 Å². The van der Waals surface area contributed by atoms with Crippen LogP contribution in [0.2, 0.25) is 5.02 Å². The zero-order valence-electron chi connectivity index (χ0n) is 19.2. The number of benzene rings is 3. The van der Waals surface area contributed by atoms with E-state index in [1.807, 2.05) is 26.0 Å². The molecule has 178 valence electrons. The van der Waals surface area contributed by atoms with Crippen molar-refractivity contribution in [3.05, 3.63) is 94.0 Å². The predicted octanol–water partition coefficient (Wildman–Crippen LogP) is 5.08. The van der Waals surface area contributed by atoms with Crippen molar-refractivity contribution in [2.45, 2.75) is 13.8 Å². The second kappa shape index (κ2) is 10.4. The van der Waals surface area contributed by atoms with E-state index in [4.69, 9.17) is 21.1 Å². The maximum absolute atomic E-state index is 12.9. The van der Waals surface area contributed by atoms with Crippen LogP contribution in [0.25, 0.3) is 6.08 Å². The molecule has 0 bridgehead atoms. The molecule has 1 fully saturated rings. The Morgan fingerprint density at radius 3 is 2.26 bits per heavy atom. The highest BCUT2D eigenvalue weighted by molar-refractivity contribution is 6.39. The first-order valence-corrected chi connectivity index (χ1v) is 11.3. The number of hydrogen-bond donors (Lipinski definition) is 1. The van der Waals surface area contributed by atoms with E-state index in [0.717, 1.165) is 16.2 Å². The van der Waals surface area contributed by atoms with E-state index in [1.54, 1.807) is 36.4 Å². The van der Waals surface area contributed by atoms with Crippen LogP contribution in [-0.4, -0.2) is 31.1 Å². The first-order valence-electron chi connectivity index (χ1n) is 10.9. The highest BCUT2D eigenvalue weighted by Gasteiger charge is 2.36. The highest BCUT2D eigenvalue weighted by Crippen LogP contribution is 2.24. The van der Waals surface area contributed by atoms with Gasteiger partial charge in [-0.1, -0.05) is 41.4 Å². The quantitative estimate of drug-likeness (QED) is 0.283. The minimum absolute atomic E-state index is 0.157. The van der Waals surface area contributed by atoms with Crippen molar-refractivity contribution < 1.29 is 23.9 Å². The normalized spacial score (nSPS) is 14.8. The average Bonchev–Trinajstić information content (AvgIpc) is 2.82. The molecule has 3 aromatic rings. The van der Waals surface area contributed by atoms with E-state index in [2.05, 4.69) is 11.4 Å². The lowest BCUT2D eigenvalue weighted by Gasteiger charge is -2.26. The number of urea groups is 1. The molecular weight excluding hydrogens is 468 g/mol. The fourth-order valence-electron chi connectivity index (χ4n) is 3.58. The summed E-state index contributed by atoms with van der Waals surface area (Å²) in [5, 5.41) is 2.66. The van der Waals surface area contributed by atoms with E-state index < -0.39 is 17.8 Å². The molecule has 1 heterocycles. The van der Waals surface area contributed by atoms with E-state index >= 15 is 0 Å². The van der Waals surface area contributed by atoms with Crippen LogP contribution in [0.15, 0.2) is 72.3 Å². The Morgan fingerprint density at radius 2 is 1.57 bits per heavy atom. The molecule has 8 heteroatoms. The number of rotatable bonds is 7. The molecule has 1 saturated heterocycles. The molecule has 0 aromatic heterocycles. The standard InChI is InChI=1S/C27H23ClN2O5/c1-17-3-12-24(18(2)15-17)35-14-13-34-22-10-4-19(5-11-22)16-23-25(31)29-27(33)30(26(23)32)21-8-6-20(28)7-9-21/h3-12,15-16H,13-14H2,1-2H3,(H,29,31,33)/b23-16-. The van der Waals surface area contributed by atoms with Gasteiger partial charge < -0.3 is 9.47 Å². The van der Waals surface area contributed by atoms with Crippen LogP contribution in [0.5, 0.6) is 11.5 Å². The molecule has 1 N–H and O–H groups in total. The van der Waals surface area contributed by atoms with Gasteiger partial charge in [-0.15, -0.1) is 0 Å². The van der Waals surface area contributed by atoms with Crippen LogP contribution < -0.4 is 19.7 Å². The number of halogens is 1. The largest absolute Gasteiger partial charge is 0.490 e. The maximum Gasteiger partial charge on any atom is 0.335 e. The minimum atomic E-state index is -0.814. The summed E-state index contributed by atoms with van der Waals surface area (Å²) in [6.45, 7) is 4.77. The Kier molecular flexibility index (Phi) is 7.17. The number of aryl methyl sites for hydroxylation is 2. The number of nitrogens with zero attached hydrogens (tertiary/aromatic N) is 1. The topological polar surface area (TPSA) is 84.9 Å². The number of anilines is 1. The van der Waals surface area contributed by atoms with Gasteiger partial charge in [0.05, 0.1) is 5.69 Å². The highest BCUT2D eigenvalue weighted by atomic mass is 35.5. The summed E-state index contributed by atoms with van der Waals surface area (Å²) in [6, 6.07) is 18.3. The number of amides is 4. The summed E-state index contributed by atoms with van der Waals surface area (Å²) in [6.07, 6.45) is 1.43. The van der Waals surface area contributed by atoms with Crippen molar-refractivity contribution in [3.8, 4) is 11.5 Å². The van der Waals surface area contributed by atoms with E-state index in [-0.39, 0.29) is 5.57 Å². The van der Waals surface area contributed by atoms with Crippen LogP contribution in [0, 0.1) is 13.8 Å². The Bertz CT molecular complexity index is 1300. The summed E-state index contributed by atoms with van der Waals surface area (Å²) < 4.78 is 11.5. The van der Waals surface area contributed by atoms with E-state index in [9.17, 15) is 14.4 Å². The number of imide groups is 2. The molecular formula is C27H23ClN2O5. The van der Waals surface area contributed by atoms with Gasteiger partial charge in [-0.3, -0.25) is 14.9 Å². The van der Waals surface area contributed by atoms with E-state index in [1.165, 1.54) is 23.8 Å². The third-order valence-electron chi connectivity index (χ3n) is 5.32. The smallest absolute Gasteiger partial charge is 0.335 e. The van der Waals surface area contributed by atoms with Gasteiger partial charge >= 0.3 is 6.03 Å². The number of hydrogen-bond acceptors (Lipinski definition) is 5. The lowest BCUT2D eigenvalue weighted by Crippen LogP contribution is -2.54. The van der Waals surface area contributed by atoms with Crippen LogP contribution in [0.4, 0.5) is 10.5 Å².